The molecule has 1 unspecified atom stereocenters. The predicted octanol–water partition coefficient (Wildman–Crippen LogP) is 2.12. The molecule has 4 heteroatoms. The van der Waals surface area contributed by atoms with Gasteiger partial charge in [-0.05, 0) is 6.07 Å². The lowest BCUT2D eigenvalue weighted by Crippen LogP contribution is -2.40. The molecule has 0 bridgehead atoms. The van der Waals surface area contributed by atoms with Gasteiger partial charge in [0.15, 0.2) is 11.4 Å². The van der Waals surface area contributed by atoms with Gasteiger partial charge in [0, 0.05) is 18.2 Å². The van der Waals surface area contributed by atoms with Gasteiger partial charge in [0.2, 0.25) is 0 Å². The van der Waals surface area contributed by atoms with Crippen LogP contribution < -0.4 is 4.90 Å². The molecule has 2 aromatic carbocycles. The third-order valence-corrected chi connectivity index (χ3v) is 3.88. The Balaban J connectivity index is 1.98. The van der Waals surface area contributed by atoms with Crippen molar-refractivity contribution in [2.75, 3.05) is 11.9 Å². The quantitative estimate of drug-likeness (QED) is 0.877. The Morgan fingerprint density at radius 2 is 1.71 bits per heavy atom. The summed E-state index contributed by atoms with van der Waals surface area (Å²) in [7, 11) is 1.60. The fraction of sp³-hybridized carbons (Fsp3) is 0.176. The van der Waals surface area contributed by atoms with Crippen molar-refractivity contribution in [2.45, 2.75) is 12.0 Å². The molecule has 3 rings (SSSR count). The Morgan fingerprint density at radius 3 is 2.43 bits per heavy atom. The van der Waals surface area contributed by atoms with E-state index in [4.69, 9.17) is 0 Å². The number of benzene rings is 2. The van der Waals surface area contributed by atoms with Crippen molar-refractivity contribution >= 4 is 17.4 Å². The number of carbonyl (C=O) groups excluding carboxylic acids is 2. The van der Waals surface area contributed by atoms with Crippen LogP contribution in [0.3, 0.4) is 0 Å². The molecule has 1 amide bonds. The molecule has 0 fully saturated rings. The van der Waals surface area contributed by atoms with Crippen LogP contribution in [0.2, 0.25) is 0 Å². The smallest absolute Gasteiger partial charge is 0.263 e. The number of likely N-dealkylation sites (N-methyl/N-ethyl adjacent to an activating group) is 1. The molecule has 0 aliphatic carbocycles. The maximum Gasteiger partial charge on any atom is 0.263 e. The van der Waals surface area contributed by atoms with Crippen molar-refractivity contribution < 1.29 is 14.7 Å². The van der Waals surface area contributed by atoms with Crippen LogP contribution >= 0.6 is 0 Å². The van der Waals surface area contributed by atoms with Crippen LogP contribution in [0.25, 0.3) is 0 Å². The first kappa shape index (κ1) is 13.5. The largest absolute Gasteiger partial charge is 0.375 e. The van der Waals surface area contributed by atoms with E-state index in [-0.39, 0.29) is 12.2 Å². The van der Waals surface area contributed by atoms with Gasteiger partial charge in [-0.15, -0.1) is 0 Å². The van der Waals surface area contributed by atoms with E-state index in [0.29, 0.717) is 16.8 Å². The summed E-state index contributed by atoms with van der Waals surface area (Å²) in [6.45, 7) is 0. The fourth-order valence-electron chi connectivity index (χ4n) is 2.75. The summed E-state index contributed by atoms with van der Waals surface area (Å²) in [5, 5.41) is 10.8. The minimum Gasteiger partial charge on any atom is -0.375 e. The summed E-state index contributed by atoms with van der Waals surface area (Å²) >= 11 is 0. The highest BCUT2D eigenvalue weighted by Gasteiger charge is 2.49. The number of hydrogen-bond acceptors (Lipinski definition) is 3. The summed E-state index contributed by atoms with van der Waals surface area (Å²) in [5.74, 6) is -0.718. The lowest BCUT2D eigenvalue weighted by molar-refractivity contribution is -0.135. The summed E-state index contributed by atoms with van der Waals surface area (Å²) < 4.78 is 0. The van der Waals surface area contributed by atoms with Gasteiger partial charge in [-0.3, -0.25) is 9.59 Å². The van der Waals surface area contributed by atoms with Crippen molar-refractivity contribution in [3.8, 4) is 0 Å². The molecule has 2 aromatic rings. The zero-order valence-corrected chi connectivity index (χ0v) is 11.6. The zero-order valence-electron chi connectivity index (χ0n) is 11.6. The van der Waals surface area contributed by atoms with E-state index in [2.05, 4.69) is 0 Å². The minimum absolute atomic E-state index is 0.253. The van der Waals surface area contributed by atoms with E-state index >= 15 is 0 Å². The van der Waals surface area contributed by atoms with Gasteiger partial charge in [-0.2, -0.15) is 0 Å². The van der Waals surface area contributed by atoms with Gasteiger partial charge < -0.3 is 10.0 Å². The maximum atomic E-state index is 12.4. The Kier molecular flexibility index (Phi) is 3.11. The number of anilines is 1. The first-order valence-corrected chi connectivity index (χ1v) is 6.72. The predicted molar refractivity (Wildman–Crippen MR) is 79.1 cm³/mol. The number of Topliss-reactive ketones (excluding diaryl/α,β-unsaturated/α-hetero) is 1. The topological polar surface area (TPSA) is 57.6 Å². The third kappa shape index (κ3) is 2.04. The van der Waals surface area contributed by atoms with E-state index in [1.807, 2.05) is 6.07 Å². The lowest BCUT2D eigenvalue weighted by atomic mass is 9.88. The fourth-order valence-corrected chi connectivity index (χ4v) is 2.75. The Morgan fingerprint density at radius 1 is 1.10 bits per heavy atom. The summed E-state index contributed by atoms with van der Waals surface area (Å²) in [4.78, 5) is 26.1. The number of ketones is 1. The molecule has 1 heterocycles. The molecule has 1 N–H and O–H groups in total. The molecule has 106 valence electrons. The third-order valence-electron chi connectivity index (χ3n) is 3.88. The Labute approximate surface area is 122 Å². The van der Waals surface area contributed by atoms with Crippen molar-refractivity contribution in [3.05, 3.63) is 65.7 Å². The van der Waals surface area contributed by atoms with Gasteiger partial charge in [0.05, 0.1) is 12.1 Å². The van der Waals surface area contributed by atoms with Gasteiger partial charge in [-0.1, -0.05) is 48.5 Å². The van der Waals surface area contributed by atoms with Crippen molar-refractivity contribution in [1.82, 2.24) is 0 Å². The van der Waals surface area contributed by atoms with Crippen LogP contribution in [0.5, 0.6) is 0 Å². The van der Waals surface area contributed by atoms with Crippen molar-refractivity contribution in [2.24, 2.45) is 0 Å². The van der Waals surface area contributed by atoms with Gasteiger partial charge >= 0.3 is 0 Å². The average molecular weight is 281 g/mol. The number of amides is 1. The lowest BCUT2D eigenvalue weighted by Gasteiger charge is -2.21. The number of nitrogens with zero attached hydrogens (tertiary/aromatic N) is 1. The number of aliphatic hydroxyl groups is 1. The SMILES string of the molecule is CN1C(=O)C(O)(CC(=O)c2ccccc2)c2ccccc21. The van der Waals surface area contributed by atoms with E-state index in [1.54, 1.807) is 55.6 Å². The molecule has 21 heavy (non-hydrogen) atoms. The number of rotatable bonds is 3. The summed E-state index contributed by atoms with van der Waals surface area (Å²) in [6.07, 6.45) is -0.253. The van der Waals surface area contributed by atoms with Gasteiger partial charge in [-0.25, -0.2) is 0 Å². The molecule has 0 radical (unpaired) electrons. The minimum atomic E-state index is -1.78. The number of hydrogen-bond donors (Lipinski definition) is 1. The molecule has 1 atom stereocenters. The molecular weight excluding hydrogens is 266 g/mol. The van der Waals surface area contributed by atoms with Crippen LogP contribution in [0, 0.1) is 0 Å². The number of para-hydroxylation sites is 1. The van der Waals surface area contributed by atoms with Crippen LogP contribution in [-0.2, 0) is 10.4 Å². The molecule has 1 aliphatic heterocycles. The highest BCUT2D eigenvalue weighted by Crippen LogP contribution is 2.41. The molecule has 0 saturated heterocycles. The van der Waals surface area contributed by atoms with E-state index in [1.165, 1.54) is 4.90 Å². The number of fused-ring (bicyclic) bond motifs is 1. The normalized spacial score (nSPS) is 20.5. The molecule has 4 nitrogen and oxygen atoms in total. The second kappa shape index (κ2) is 4.82. The first-order chi connectivity index (χ1) is 10.0. The van der Waals surface area contributed by atoms with Gasteiger partial charge in [0.1, 0.15) is 0 Å². The average Bonchev–Trinajstić information content (AvgIpc) is 2.71. The monoisotopic (exact) mass is 281 g/mol. The van der Waals surface area contributed by atoms with Crippen LogP contribution in [0.15, 0.2) is 54.6 Å². The van der Waals surface area contributed by atoms with Crippen molar-refractivity contribution in [3.63, 3.8) is 0 Å². The number of carbonyl (C=O) groups is 2. The molecule has 0 aromatic heterocycles. The highest BCUT2D eigenvalue weighted by atomic mass is 16.3. The second-order valence-corrected chi connectivity index (χ2v) is 5.21. The van der Waals surface area contributed by atoms with E-state index in [0.717, 1.165) is 0 Å². The van der Waals surface area contributed by atoms with Crippen molar-refractivity contribution in [1.29, 1.82) is 0 Å². The Bertz CT molecular complexity index is 711. The van der Waals surface area contributed by atoms with E-state index in [9.17, 15) is 14.7 Å². The highest BCUT2D eigenvalue weighted by molar-refractivity contribution is 6.10. The summed E-state index contributed by atoms with van der Waals surface area (Å²) in [6, 6.07) is 15.7. The van der Waals surface area contributed by atoms with Crippen LogP contribution in [0.1, 0.15) is 22.3 Å². The van der Waals surface area contributed by atoms with Gasteiger partial charge in [0.25, 0.3) is 5.91 Å². The molecule has 1 aliphatic rings. The molecule has 0 saturated carbocycles. The Hall–Kier alpha value is -2.46. The first-order valence-electron chi connectivity index (χ1n) is 6.72. The molecule has 0 spiro atoms. The maximum absolute atomic E-state index is 12.4. The summed E-state index contributed by atoms with van der Waals surface area (Å²) in [5.41, 5.74) is -0.156. The molecular formula is C17H15NO3. The van der Waals surface area contributed by atoms with E-state index < -0.39 is 11.5 Å². The van der Waals surface area contributed by atoms with Crippen LogP contribution in [-0.4, -0.2) is 23.8 Å². The van der Waals surface area contributed by atoms with Crippen LogP contribution in [0.4, 0.5) is 5.69 Å². The second-order valence-electron chi connectivity index (χ2n) is 5.21. The zero-order chi connectivity index (χ0) is 15.0. The standard InChI is InChI=1S/C17H15NO3/c1-18-14-10-6-5-9-13(14)17(21,16(18)20)11-15(19)12-7-3-2-4-8-12/h2-10,21H,11H2,1H3.